The lowest BCUT2D eigenvalue weighted by Gasteiger charge is -2.61. The van der Waals surface area contributed by atoms with Crippen molar-refractivity contribution in [3.8, 4) is 0 Å². The first kappa shape index (κ1) is 23.8. The Morgan fingerprint density at radius 1 is 0.935 bits per heavy atom. The summed E-state index contributed by atoms with van der Waals surface area (Å²) in [5.41, 5.74) is 0.785. The first-order valence-electron chi connectivity index (χ1n) is 13.3. The van der Waals surface area contributed by atoms with Gasteiger partial charge in [0.25, 0.3) is 5.00 Å². The predicted octanol–water partition coefficient (Wildman–Crippen LogP) is 8.32. The fourth-order valence-electron chi connectivity index (χ4n) is 9.39. The SMILES string of the molecule is CC(C)CCC[C@@H](C)[C@H]1CC[C@H]2[C@@H]3CC[C@H]4C[C@@](Cl)([N+](=O)[O-])CC[C@]4(C)[C@H]3CC[C@]12C. The lowest BCUT2D eigenvalue weighted by Crippen LogP contribution is -2.56. The third-order valence-corrected chi connectivity index (χ3v) is 11.7. The van der Waals surface area contributed by atoms with Crippen molar-refractivity contribution in [2.24, 2.45) is 52.3 Å². The van der Waals surface area contributed by atoms with Crippen LogP contribution in [0.15, 0.2) is 0 Å². The van der Waals surface area contributed by atoms with Crippen LogP contribution in [-0.4, -0.2) is 9.92 Å². The predicted molar refractivity (Wildman–Crippen MR) is 129 cm³/mol. The van der Waals surface area contributed by atoms with Crippen molar-refractivity contribution in [1.82, 2.24) is 0 Å². The highest BCUT2D eigenvalue weighted by Gasteiger charge is 2.63. The van der Waals surface area contributed by atoms with E-state index < -0.39 is 5.00 Å². The van der Waals surface area contributed by atoms with Crippen LogP contribution in [0.25, 0.3) is 0 Å². The standard InChI is InChI=1S/C27H46ClNO2/c1-18(2)7-6-8-19(3)22-11-12-23-21-10-9-20-17-27(28,29(30)31)16-15-25(20,4)24(21)13-14-26(22,23)5/h18-24H,6-17H2,1-5H3/t19-,20+,21+,22-,23+,24+,25+,26-,27+/m1/s1. The van der Waals surface area contributed by atoms with Gasteiger partial charge in [-0.05, 0) is 109 Å². The number of hydrogen-bond acceptors (Lipinski definition) is 2. The van der Waals surface area contributed by atoms with Gasteiger partial charge in [0.1, 0.15) is 0 Å². The third-order valence-electron chi connectivity index (χ3n) is 11.2. The summed E-state index contributed by atoms with van der Waals surface area (Å²) in [7, 11) is 0. The van der Waals surface area contributed by atoms with Crippen molar-refractivity contribution in [3.63, 3.8) is 0 Å². The minimum atomic E-state index is -1.20. The lowest BCUT2D eigenvalue weighted by molar-refractivity contribution is -0.550. The number of alkyl halides is 1. The smallest absolute Gasteiger partial charge is 0.263 e. The van der Waals surface area contributed by atoms with E-state index in [1.807, 2.05) is 0 Å². The van der Waals surface area contributed by atoms with Gasteiger partial charge in [-0.3, -0.25) is 10.1 Å². The van der Waals surface area contributed by atoms with Gasteiger partial charge >= 0.3 is 0 Å². The molecule has 4 aliphatic carbocycles. The summed E-state index contributed by atoms with van der Waals surface area (Å²) in [5.74, 6) is 5.47. The average Bonchev–Trinajstić information content (AvgIpc) is 3.05. The highest BCUT2D eigenvalue weighted by atomic mass is 35.5. The maximum atomic E-state index is 11.6. The summed E-state index contributed by atoms with van der Waals surface area (Å²) >= 11 is 6.49. The molecule has 0 saturated heterocycles. The maximum Gasteiger partial charge on any atom is 0.295 e. The highest BCUT2D eigenvalue weighted by molar-refractivity contribution is 6.22. The normalized spacial score (nSPS) is 48.0. The van der Waals surface area contributed by atoms with E-state index >= 15 is 0 Å². The average molecular weight is 452 g/mol. The van der Waals surface area contributed by atoms with Gasteiger partial charge in [0, 0.05) is 17.8 Å². The second kappa shape index (κ2) is 8.48. The molecule has 0 amide bonds. The second-order valence-electron chi connectivity index (χ2n) is 13.1. The number of rotatable bonds is 6. The van der Waals surface area contributed by atoms with Gasteiger partial charge in [0.2, 0.25) is 0 Å². The Bertz CT molecular complexity index is 682. The molecule has 3 nitrogen and oxygen atoms in total. The zero-order chi connectivity index (χ0) is 22.6. The maximum absolute atomic E-state index is 11.6. The highest BCUT2D eigenvalue weighted by Crippen LogP contribution is 2.69. The summed E-state index contributed by atoms with van der Waals surface area (Å²) < 4.78 is 0. The molecule has 0 bridgehead atoms. The molecule has 178 valence electrons. The Morgan fingerprint density at radius 3 is 2.32 bits per heavy atom. The summed E-state index contributed by atoms with van der Waals surface area (Å²) in [6.45, 7) is 12.4. The summed E-state index contributed by atoms with van der Waals surface area (Å²) in [6, 6.07) is 0. The minimum absolute atomic E-state index is 0.194. The Kier molecular flexibility index (Phi) is 6.52. The first-order valence-corrected chi connectivity index (χ1v) is 13.7. The van der Waals surface area contributed by atoms with Gasteiger partial charge in [0.05, 0.1) is 0 Å². The van der Waals surface area contributed by atoms with Crippen LogP contribution >= 0.6 is 11.6 Å². The fraction of sp³-hybridized carbons (Fsp3) is 1.00. The van der Waals surface area contributed by atoms with E-state index in [2.05, 4.69) is 34.6 Å². The van der Waals surface area contributed by atoms with E-state index in [0.29, 0.717) is 24.2 Å². The molecule has 0 aromatic heterocycles. The molecule has 0 radical (unpaired) electrons. The molecule has 0 unspecified atom stereocenters. The Balaban J connectivity index is 1.47. The van der Waals surface area contributed by atoms with Crippen LogP contribution in [0.3, 0.4) is 0 Å². The van der Waals surface area contributed by atoms with Gasteiger partial charge in [-0.15, -0.1) is 0 Å². The zero-order valence-electron chi connectivity index (χ0n) is 20.7. The monoisotopic (exact) mass is 451 g/mol. The van der Waals surface area contributed by atoms with E-state index in [0.717, 1.165) is 48.3 Å². The van der Waals surface area contributed by atoms with E-state index in [1.165, 1.54) is 51.4 Å². The topological polar surface area (TPSA) is 43.1 Å². The molecule has 0 aromatic carbocycles. The van der Waals surface area contributed by atoms with Crippen LogP contribution in [0.5, 0.6) is 0 Å². The third kappa shape index (κ3) is 3.97. The molecule has 31 heavy (non-hydrogen) atoms. The van der Waals surface area contributed by atoms with Crippen molar-refractivity contribution in [1.29, 1.82) is 0 Å². The van der Waals surface area contributed by atoms with Crippen LogP contribution < -0.4 is 0 Å². The van der Waals surface area contributed by atoms with Crippen molar-refractivity contribution in [2.45, 2.75) is 117 Å². The van der Waals surface area contributed by atoms with Crippen LogP contribution in [0, 0.1) is 62.4 Å². The van der Waals surface area contributed by atoms with Crippen LogP contribution in [0.1, 0.15) is 112 Å². The number of halogens is 1. The molecule has 0 heterocycles. The molecule has 4 rings (SSSR count). The van der Waals surface area contributed by atoms with Gasteiger partial charge < -0.3 is 0 Å². The number of hydrogen-bond donors (Lipinski definition) is 0. The minimum Gasteiger partial charge on any atom is -0.263 e. The Morgan fingerprint density at radius 2 is 1.65 bits per heavy atom. The van der Waals surface area contributed by atoms with E-state index in [-0.39, 0.29) is 10.3 Å². The van der Waals surface area contributed by atoms with Crippen molar-refractivity contribution < 1.29 is 4.92 Å². The summed E-state index contributed by atoms with van der Waals surface area (Å²) in [6.07, 6.45) is 14.2. The van der Waals surface area contributed by atoms with Gasteiger partial charge in [-0.2, -0.15) is 0 Å². The lowest BCUT2D eigenvalue weighted by atomic mass is 9.44. The molecule has 0 spiro atoms. The van der Waals surface area contributed by atoms with Crippen molar-refractivity contribution in [2.75, 3.05) is 0 Å². The number of nitro groups is 1. The molecule has 4 heteroatoms. The quantitative estimate of drug-likeness (QED) is 0.176. The first-order chi connectivity index (χ1) is 14.5. The Hall–Kier alpha value is -0.310. The van der Waals surface area contributed by atoms with Crippen molar-refractivity contribution >= 4 is 11.6 Å². The van der Waals surface area contributed by atoms with Crippen molar-refractivity contribution in [3.05, 3.63) is 10.1 Å². The molecular weight excluding hydrogens is 406 g/mol. The van der Waals surface area contributed by atoms with Gasteiger partial charge in [0.15, 0.2) is 0 Å². The summed E-state index contributed by atoms with van der Waals surface area (Å²) in [4.78, 5) is 10.2. The number of fused-ring (bicyclic) bond motifs is 5. The molecule has 4 fully saturated rings. The van der Waals surface area contributed by atoms with Gasteiger partial charge in [-0.25, -0.2) is 0 Å². The second-order valence-corrected chi connectivity index (χ2v) is 13.8. The molecule has 4 aliphatic rings. The molecule has 4 saturated carbocycles. The number of nitrogens with zero attached hydrogens (tertiary/aromatic N) is 1. The molecule has 0 N–H and O–H groups in total. The molecule has 0 aromatic rings. The fourth-order valence-corrected chi connectivity index (χ4v) is 9.67. The van der Waals surface area contributed by atoms with Crippen LogP contribution in [0.4, 0.5) is 0 Å². The van der Waals surface area contributed by atoms with Crippen LogP contribution in [0.2, 0.25) is 0 Å². The largest absolute Gasteiger partial charge is 0.295 e. The molecule has 9 atom stereocenters. The van der Waals surface area contributed by atoms with E-state index in [1.54, 1.807) is 0 Å². The van der Waals surface area contributed by atoms with Crippen LogP contribution in [-0.2, 0) is 0 Å². The summed E-state index contributed by atoms with van der Waals surface area (Å²) in [5, 5.41) is 11.6. The zero-order valence-corrected chi connectivity index (χ0v) is 21.4. The Labute approximate surface area is 195 Å². The van der Waals surface area contributed by atoms with Gasteiger partial charge in [-0.1, -0.05) is 53.9 Å². The molecule has 0 aliphatic heterocycles. The molecular formula is C27H46ClNO2. The van der Waals surface area contributed by atoms with E-state index in [9.17, 15) is 10.1 Å². The van der Waals surface area contributed by atoms with E-state index in [4.69, 9.17) is 11.6 Å².